The highest BCUT2D eigenvalue weighted by atomic mass is 79.9. The van der Waals surface area contributed by atoms with E-state index in [9.17, 15) is 14.4 Å². The van der Waals surface area contributed by atoms with Gasteiger partial charge in [0.15, 0.2) is 0 Å². The predicted molar refractivity (Wildman–Crippen MR) is 107 cm³/mol. The molecule has 130 valence electrons. The summed E-state index contributed by atoms with van der Waals surface area (Å²) in [5, 5.41) is 0. The Hall–Kier alpha value is 0.0600. The molecule has 0 aromatic heterocycles. The van der Waals surface area contributed by atoms with Gasteiger partial charge in [0, 0.05) is 17.9 Å². The molecule has 1 aromatic carbocycles. The number of nitrogens with zero attached hydrogens (tertiary/aromatic N) is 1. The number of imide groups is 1. The number of carbonyl (C=O) groups is 3. The maximum atomic E-state index is 12.9. The first kappa shape index (κ1) is 20.4. The van der Waals surface area contributed by atoms with Crippen molar-refractivity contribution in [3.63, 3.8) is 0 Å². The molecule has 1 unspecified atom stereocenters. The van der Waals surface area contributed by atoms with Crippen LogP contribution in [0.1, 0.15) is 27.1 Å². The Kier molecular flexibility index (Phi) is 6.94. The fourth-order valence-corrected chi connectivity index (χ4v) is 5.27. The van der Waals surface area contributed by atoms with E-state index >= 15 is 0 Å². The third kappa shape index (κ3) is 3.35. The van der Waals surface area contributed by atoms with Crippen LogP contribution in [0.5, 0.6) is 0 Å². The average Bonchev–Trinajstić information content (AvgIpc) is 2.82. The molecule has 0 saturated heterocycles. The monoisotopic (exact) mass is 605 g/mol. The second-order valence-corrected chi connectivity index (χ2v) is 8.95. The highest BCUT2D eigenvalue weighted by Crippen LogP contribution is 2.45. The molecule has 0 radical (unpaired) electrons. The Morgan fingerprint density at radius 2 is 1.54 bits per heavy atom. The molecule has 0 fully saturated rings. The summed E-state index contributed by atoms with van der Waals surface area (Å²) in [5.41, 5.74) is 2.45. The normalized spacial score (nSPS) is 14.8. The SMILES string of the molecule is CSCCC(C(=O)NN)N1C(=O)c2c(Br)c(Br)c(Br)c(Br)c2C1=O. The van der Waals surface area contributed by atoms with Gasteiger partial charge in [-0.3, -0.25) is 24.7 Å². The van der Waals surface area contributed by atoms with Crippen LogP contribution in [0.2, 0.25) is 0 Å². The van der Waals surface area contributed by atoms with E-state index in [0.29, 0.717) is 30.1 Å². The van der Waals surface area contributed by atoms with Crippen molar-refractivity contribution < 1.29 is 14.4 Å². The van der Waals surface area contributed by atoms with Crippen molar-refractivity contribution in [2.75, 3.05) is 12.0 Å². The summed E-state index contributed by atoms with van der Waals surface area (Å²) < 4.78 is 2.09. The number of halogens is 4. The minimum absolute atomic E-state index is 0.209. The van der Waals surface area contributed by atoms with E-state index in [-0.39, 0.29) is 11.1 Å². The summed E-state index contributed by atoms with van der Waals surface area (Å²) in [5.74, 6) is 4.17. The van der Waals surface area contributed by atoms with Crippen LogP contribution in [0, 0.1) is 0 Å². The van der Waals surface area contributed by atoms with Crippen molar-refractivity contribution in [3.05, 3.63) is 29.0 Å². The van der Waals surface area contributed by atoms with E-state index in [1.54, 1.807) is 0 Å². The minimum atomic E-state index is -0.966. The van der Waals surface area contributed by atoms with Gasteiger partial charge in [-0.2, -0.15) is 11.8 Å². The zero-order chi connectivity index (χ0) is 18.2. The molecule has 0 bridgehead atoms. The maximum Gasteiger partial charge on any atom is 0.263 e. The molecule has 0 saturated carbocycles. The highest BCUT2D eigenvalue weighted by Gasteiger charge is 2.45. The summed E-state index contributed by atoms with van der Waals surface area (Å²) in [4.78, 5) is 38.8. The van der Waals surface area contributed by atoms with Gasteiger partial charge in [-0.25, -0.2) is 5.84 Å². The molecular formula is C13H11Br4N3O3S. The first-order valence-electron chi connectivity index (χ1n) is 6.51. The minimum Gasteiger partial charge on any atom is -0.292 e. The second-order valence-electron chi connectivity index (χ2n) is 4.79. The van der Waals surface area contributed by atoms with Gasteiger partial charge in [0.05, 0.1) is 11.1 Å². The zero-order valence-electron chi connectivity index (χ0n) is 12.2. The lowest BCUT2D eigenvalue weighted by atomic mass is 10.1. The van der Waals surface area contributed by atoms with Crippen molar-refractivity contribution in [2.24, 2.45) is 5.84 Å². The molecule has 2 rings (SSSR count). The molecule has 6 nitrogen and oxygen atoms in total. The number of thioether (sulfide) groups is 1. The fraction of sp³-hybridized carbons (Fsp3) is 0.308. The van der Waals surface area contributed by atoms with Crippen LogP contribution < -0.4 is 11.3 Å². The van der Waals surface area contributed by atoms with Crippen LogP contribution in [-0.2, 0) is 4.79 Å². The van der Waals surface area contributed by atoms with Crippen LogP contribution in [0.25, 0.3) is 0 Å². The van der Waals surface area contributed by atoms with Crippen molar-refractivity contribution in [1.29, 1.82) is 0 Å². The van der Waals surface area contributed by atoms with E-state index in [1.807, 2.05) is 11.7 Å². The lowest BCUT2D eigenvalue weighted by Crippen LogP contribution is -2.51. The van der Waals surface area contributed by atoms with Gasteiger partial charge in [0.25, 0.3) is 17.7 Å². The Labute approximate surface area is 176 Å². The molecule has 0 spiro atoms. The molecule has 1 heterocycles. The molecule has 11 heteroatoms. The van der Waals surface area contributed by atoms with Gasteiger partial charge in [0.1, 0.15) is 6.04 Å². The maximum absolute atomic E-state index is 12.9. The van der Waals surface area contributed by atoms with Crippen LogP contribution in [0.3, 0.4) is 0 Å². The molecule has 1 atom stereocenters. The van der Waals surface area contributed by atoms with Crippen LogP contribution in [-0.4, -0.2) is 40.7 Å². The molecule has 3 N–H and O–H groups in total. The first-order chi connectivity index (χ1) is 11.3. The predicted octanol–water partition coefficient (Wildman–Crippen LogP) is 3.44. The number of nitrogens with one attached hydrogen (secondary N) is 1. The molecule has 0 aliphatic carbocycles. The Bertz CT molecular complexity index is 697. The summed E-state index contributed by atoms with van der Waals surface area (Å²) in [7, 11) is 0. The number of hydrogen-bond acceptors (Lipinski definition) is 5. The fourth-order valence-electron chi connectivity index (χ4n) is 2.35. The lowest BCUT2D eigenvalue weighted by molar-refractivity contribution is -0.125. The van der Waals surface area contributed by atoms with E-state index in [4.69, 9.17) is 5.84 Å². The number of amides is 3. The van der Waals surface area contributed by atoms with Crippen molar-refractivity contribution in [1.82, 2.24) is 10.3 Å². The Morgan fingerprint density at radius 1 is 1.08 bits per heavy atom. The highest BCUT2D eigenvalue weighted by molar-refractivity contribution is 9.15. The van der Waals surface area contributed by atoms with Crippen LogP contribution in [0.15, 0.2) is 17.9 Å². The number of rotatable bonds is 5. The number of hydrazine groups is 1. The van der Waals surface area contributed by atoms with Crippen molar-refractivity contribution in [3.8, 4) is 0 Å². The number of nitrogens with two attached hydrogens (primary N) is 1. The van der Waals surface area contributed by atoms with Crippen LogP contribution >= 0.6 is 75.5 Å². The molecule has 3 amide bonds. The van der Waals surface area contributed by atoms with Gasteiger partial charge >= 0.3 is 0 Å². The van der Waals surface area contributed by atoms with Gasteiger partial charge in [-0.05, 0) is 82.1 Å². The van der Waals surface area contributed by atoms with E-state index in [2.05, 4.69) is 63.7 Å². The number of fused-ring (bicyclic) bond motifs is 1. The third-order valence-corrected chi connectivity index (χ3v) is 8.90. The second kappa shape index (κ2) is 8.17. The van der Waals surface area contributed by atoms with Gasteiger partial charge in [-0.1, -0.05) is 0 Å². The number of hydrogen-bond donors (Lipinski definition) is 2. The molecular weight excluding hydrogens is 598 g/mol. The Morgan fingerprint density at radius 3 is 1.92 bits per heavy atom. The van der Waals surface area contributed by atoms with Crippen molar-refractivity contribution >= 4 is 93.2 Å². The van der Waals surface area contributed by atoms with Gasteiger partial charge in [0.2, 0.25) is 0 Å². The summed E-state index contributed by atoms with van der Waals surface area (Å²) in [6.45, 7) is 0. The standard InChI is InChI=1S/C13H11Br4N3O3S/c1-24-3-2-4(11(21)19-18)20-12(22)5-6(13(20)23)8(15)10(17)9(16)7(5)14/h4H,2-3,18H2,1H3,(H,19,21). The molecule has 1 aliphatic rings. The Balaban J connectivity index is 2.58. The molecule has 1 aliphatic heterocycles. The summed E-state index contributed by atoms with van der Waals surface area (Å²) in [6, 6.07) is -0.966. The number of carbonyl (C=O) groups excluding carboxylic acids is 3. The van der Waals surface area contributed by atoms with E-state index in [1.165, 1.54) is 11.8 Å². The van der Waals surface area contributed by atoms with Gasteiger partial charge in [-0.15, -0.1) is 0 Å². The van der Waals surface area contributed by atoms with E-state index in [0.717, 1.165) is 4.90 Å². The number of benzene rings is 1. The average molecular weight is 609 g/mol. The van der Waals surface area contributed by atoms with E-state index < -0.39 is 23.8 Å². The lowest BCUT2D eigenvalue weighted by Gasteiger charge is -2.24. The topological polar surface area (TPSA) is 92.5 Å². The smallest absolute Gasteiger partial charge is 0.263 e. The molecule has 1 aromatic rings. The third-order valence-electron chi connectivity index (χ3n) is 3.48. The first-order valence-corrected chi connectivity index (χ1v) is 11.1. The zero-order valence-corrected chi connectivity index (χ0v) is 19.3. The van der Waals surface area contributed by atoms with Crippen LogP contribution in [0.4, 0.5) is 0 Å². The molecule has 24 heavy (non-hydrogen) atoms. The summed E-state index contributed by atoms with van der Waals surface area (Å²) >= 11 is 14.9. The van der Waals surface area contributed by atoms with Gasteiger partial charge < -0.3 is 0 Å². The van der Waals surface area contributed by atoms with Crippen molar-refractivity contribution in [2.45, 2.75) is 12.5 Å². The summed E-state index contributed by atoms with van der Waals surface area (Å²) in [6.07, 6.45) is 2.19. The quantitative estimate of drug-likeness (QED) is 0.134. The largest absolute Gasteiger partial charge is 0.292 e.